The Hall–Kier alpha value is 0.625. The van der Waals surface area contributed by atoms with Crippen molar-refractivity contribution < 1.29 is 39.3 Å². The van der Waals surface area contributed by atoms with Crippen molar-refractivity contribution in [1.29, 1.82) is 0 Å². The molecule has 0 aliphatic rings. The molecule has 0 spiro atoms. The van der Waals surface area contributed by atoms with Crippen LogP contribution in [0.15, 0.2) is 0 Å². The molecule has 0 aromatic carbocycles. The Labute approximate surface area is 51.1 Å². The Morgan fingerprint density at radius 3 is 1.43 bits per heavy atom. The van der Waals surface area contributed by atoms with E-state index in [1.165, 1.54) is 11.6 Å². The first-order valence-electron chi connectivity index (χ1n) is 1.48. The molecule has 0 aromatic rings. The Morgan fingerprint density at radius 1 is 1.14 bits per heavy atom. The molecular formula is C2H6Cr2O3. The molecule has 0 atom stereocenters. The molecule has 0 saturated carbocycles. The van der Waals surface area contributed by atoms with E-state index in [9.17, 15) is 7.61 Å². The molecule has 0 aliphatic heterocycles. The van der Waals surface area contributed by atoms with E-state index in [1.807, 2.05) is 0 Å². The van der Waals surface area contributed by atoms with Crippen molar-refractivity contribution in [3.05, 3.63) is 0 Å². The van der Waals surface area contributed by atoms with Gasteiger partial charge in [0, 0.05) is 0 Å². The van der Waals surface area contributed by atoms with E-state index in [0.717, 1.165) is 0 Å². The van der Waals surface area contributed by atoms with Gasteiger partial charge in [-0.2, -0.15) is 0 Å². The predicted octanol–water partition coefficient (Wildman–Crippen LogP) is 0.857. The molecule has 0 aliphatic carbocycles. The van der Waals surface area contributed by atoms with E-state index in [4.69, 9.17) is 0 Å². The molecule has 0 N–H and O–H groups in total. The first-order valence-corrected chi connectivity index (χ1v) is 6.12. The van der Waals surface area contributed by atoms with Gasteiger partial charge in [0.25, 0.3) is 0 Å². The second kappa shape index (κ2) is 3.61. The predicted molar refractivity (Wildman–Crippen MR) is 14.2 cm³/mol. The third-order valence-corrected chi connectivity index (χ3v) is 3.26. The third kappa shape index (κ3) is 6.62. The van der Waals surface area contributed by atoms with Crippen LogP contribution in [0.4, 0.5) is 0 Å². The minimum absolute atomic E-state index is 1.44. The SMILES string of the molecule is [CH3][Cr](=[O])[O][Cr]([CH3])=[O]. The molecule has 0 saturated heterocycles. The summed E-state index contributed by atoms with van der Waals surface area (Å²) in [4.78, 5) is 0. The van der Waals surface area contributed by atoms with Gasteiger partial charge in [-0.3, -0.25) is 0 Å². The topological polar surface area (TPSA) is 43.4 Å². The summed E-state index contributed by atoms with van der Waals surface area (Å²) in [5.74, 6) is 2.88. The third-order valence-electron chi connectivity index (χ3n) is 0.192. The van der Waals surface area contributed by atoms with Gasteiger partial charge in [-0.25, -0.2) is 0 Å². The van der Waals surface area contributed by atoms with Gasteiger partial charge in [-0.05, 0) is 0 Å². The van der Waals surface area contributed by atoms with Crippen LogP contribution < -0.4 is 0 Å². The summed E-state index contributed by atoms with van der Waals surface area (Å²) in [5, 5.41) is 0. The number of hydrogen-bond acceptors (Lipinski definition) is 3. The summed E-state index contributed by atoms with van der Waals surface area (Å²) in [6.07, 6.45) is 0. The van der Waals surface area contributed by atoms with Crippen molar-refractivity contribution >= 4 is 0 Å². The van der Waals surface area contributed by atoms with Crippen LogP contribution >= 0.6 is 0 Å². The molecule has 0 amide bonds. The van der Waals surface area contributed by atoms with E-state index < -0.39 is 28.8 Å². The summed E-state index contributed by atoms with van der Waals surface area (Å²) >= 11 is -4.25. The summed E-state index contributed by atoms with van der Waals surface area (Å²) in [7, 11) is 0. The molecule has 0 heterocycles. The van der Waals surface area contributed by atoms with Crippen LogP contribution in [0.25, 0.3) is 0 Å². The number of rotatable bonds is 2. The molecule has 0 unspecified atom stereocenters. The van der Waals surface area contributed by atoms with Gasteiger partial charge in [-0.15, -0.1) is 0 Å². The summed E-state index contributed by atoms with van der Waals surface area (Å²) in [6.45, 7) is 0. The molecule has 7 heavy (non-hydrogen) atoms. The van der Waals surface area contributed by atoms with Gasteiger partial charge in [0.15, 0.2) is 0 Å². The van der Waals surface area contributed by atoms with Crippen molar-refractivity contribution in [3.8, 4) is 0 Å². The first kappa shape index (κ1) is 7.62. The van der Waals surface area contributed by atoms with Crippen molar-refractivity contribution in [2.24, 2.45) is 0 Å². The zero-order chi connectivity index (χ0) is 5.86. The van der Waals surface area contributed by atoms with Crippen molar-refractivity contribution in [2.75, 3.05) is 0 Å². The van der Waals surface area contributed by atoms with E-state index in [1.54, 1.807) is 0 Å². The van der Waals surface area contributed by atoms with Crippen LogP contribution in [0, 0.1) is 0 Å². The first-order chi connectivity index (χ1) is 3.13. The van der Waals surface area contributed by atoms with Crippen LogP contribution in [0.2, 0.25) is 11.6 Å². The maximum absolute atomic E-state index is 10.1. The van der Waals surface area contributed by atoms with E-state index in [0.29, 0.717) is 0 Å². The molecule has 0 fully saturated rings. The second-order valence-corrected chi connectivity index (χ2v) is 4.47. The van der Waals surface area contributed by atoms with Crippen molar-refractivity contribution in [3.63, 3.8) is 0 Å². The average molecular weight is 182 g/mol. The Bertz CT molecular complexity index is 87.1. The van der Waals surface area contributed by atoms with Crippen molar-refractivity contribution in [2.45, 2.75) is 11.6 Å². The van der Waals surface area contributed by atoms with Gasteiger partial charge in [0.2, 0.25) is 0 Å². The average Bonchev–Trinajstić information content (AvgIpc) is 1.27. The van der Waals surface area contributed by atoms with Gasteiger partial charge in [-0.1, -0.05) is 0 Å². The van der Waals surface area contributed by atoms with Crippen LogP contribution in [0.5, 0.6) is 0 Å². The van der Waals surface area contributed by atoms with E-state index in [-0.39, 0.29) is 0 Å². The second-order valence-electron chi connectivity index (χ2n) is 0.871. The van der Waals surface area contributed by atoms with Crippen LogP contribution in [0.1, 0.15) is 0 Å². The van der Waals surface area contributed by atoms with Gasteiger partial charge in [0.05, 0.1) is 0 Å². The quantitative estimate of drug-likeness (QED) is 0.635. The molecule has 0 aromatic heterocycles. The normalized spacial score (nSPS) is 10.9. The van der Waals surface area contributed by atoms with E-state index >= 15 is 0 Å². The summed E-state index contributed by atoms with van der Waals surface area (Å²) in [6, 6.07) is 0. The van der Waals surface area contributed by atoms with Gasteiger partial charge in [0.1, 0.15) is 0 Å². The Balaban J connectivity index is 3.32. The fraction of sp³-hybridized carbons (Fsp3) is 1.00. The zero-order valence-electron chi connectivity index (χ0n) is 4.04. The molecule has 0 radical (unpaired) electrons. The minimum atomic E-state index is -2.12. The Kier molecular flexibility index (Phi) is 3.93. The zero-order valence-corrected chi connectivity index (χ0v) is 6.59. The molecule has 0 rings (SSSR count). The molecule has 0 bridgehead atoms. The van der Waals surface area contributed by atoms with Gasteiger partial charge >= 0.3 is 50.9 Å². The Morgan fingerprint density at radius 2 is 1.43 bits per heavy atom. The number of hydrogen-bond donors (Lipinski definition) is 0. The summed E-state index contributed by atoms with van der Waals surface area (Å²) < 4.78 is 24.5. The van der Waals surface area contributed by atoms with Crippen LogP contribution in [-0.4, -0.2) is 0 Å². The molecule has 3 nitrogen and oxygen atoms in total. The molecule has 44 valence electrons. The van der Waals surface area contributed by atoms with Gasteiger partial charge < -0.3 is 0 Å². The van der Waals surface area contributed by atoms with Crippen LogP contribution in [-0.2, 0) is 39.3 Å². The van der Waals surface area contributed by atoms with E-state index in [2.05, 4.69) is 2.84 Å². The molecular weight excluding hydrogens is 176 g/mol. The fourth-order valence-corrected chi connectivity index (χ4v) is 2.29. The fourth-order valence-electron chi connectivity index (χ4n) is 0.135. The standard InChI is InChI=1S/2CH3.2Cr.3O/h2*1H3;;;;;. The van der Waals surface area contributed by atoms with Crippen LogP contribution in [0.3, 0.4) is 0 Å². The maximum atomic E-state index is 10.1. The summed E-state index contributed by atoms with van der Waals surface area (Å²) in [5.41, 5.74) is 0. The van der Waals surface area contributed by atoms with Crippen molar-refractivity contribution in [1.82, 2.24) is 0 Å². The monoisotopic (exact) mass is 182 g/mol. The molecule has 5 heteroatoms.